The Morgan fingerprint density at radius 1 is 1.15 bits per heavy atom. The summed E-state index contributed by atoms with van der Waals surface area (Å²) in [5, 5.41) is 1.21. The van der Waals surface area contributed by atoms with Crippen LogP contribution in [0.3, 0.4) is 0 Å². The number of anilines is 1. The van der Waals surface area contributed by atoms with Crippen LogP contribution in [0.4, 0.5) is 5.82 Å². The zero-order valence-corrected chi connectivity index (χ0v) is 21.6. The van der Waals surface area contributed by atoms with E-state index in [1.54, 1.807) is 11.3 Å². The molecule has 2 N–H and O–H groups in total. The summed E-state index contributed by atoms with van der Waals surface area (Å²) >= 11 is 1.75. The highest BCUT2D eigenvalue weighted by Crippen LogP contribution is 2.36. The Hall–Kier alpha value is -2.88. The Bertz CT molecular complexity index is 1210. The monoisotopic (exact) mass is 474 g/mol. The molecule has 4 rings (SSSR count). The Balaban J connectivity index is 1.49. The second-order valence-electron chi connectivity index (χ2n) is 10.2. The number of benzene rings is 1. The van der Waals surface area contributed by atoms with Gasteiger partial charge in [-0.3, -0.25) is 0 Å². The third-order valence-corrected chi connectivity index (χ3v) is 7.28. The quantitative estimate of drug-likeness (QED) is 0.468. The van der Waals surface area contributed by atoms with E-state index in [1.807, 2.05) is 18.5 Å². The van der Waals surface area contributed by atoms with E-state index in [0.29, 0.717) is 24.1 Å². The largest absolute Gasteiger partial charge is 0.485 e. The highest BCUT2D eigenvalue weighted by molar-refractivity contribution is 7.15. The number of nitrogens with zero attached hydrogens (tertiary/aromatic N) is 3. The van der Waals surface area contributed by atoms with Crippen LogP contribution in [0.25, 0.3) is 10.4 Å². The van der Waals surface area contributed by atoms with Crippen molar-refractivity contribution >= 4 is 17.2 Å². The number of aromatic nitrogens is 2. The lowest BCUT2D eigenvalue weighted by molar-refractivity contribution is 0.255. The fourth-order valence-electron chi connectivity index (χ4n) is 3.89. The lowest BCUT2D eigenvalue weighted by Gasteiger charge is -2.27. The maximum absolute atomic E-state index is 6.15. The Kier molecular flexibility index (Phi) is 7.25. The van der Waals surface area contributed by atoms with E-state index in [9.17, 15) is 0 Å². The van der Waals surface area contributed by atoms with E-state index in [2.05, 4.69) is 74.7 Å². The Morgan fingerprint density at radius 2 is 1.91 bits per heavy atom. The molecule has 1 saturated heterocycles. The minimum absolute atomic E-state index is 0.0358. The van der Waals surface area contributed by atoms with Crippen molar-refractivity contribution in [2.45, 2.75) is 53.1 Å². The molecule has 0 radical (unpaired) electrons. The summed E-state index contributed by atoms with van der Waals surface area (Å²) in [5.41, 5.74) is 10.4. The number of thiazole rings is 1. The van der Waals surface area contributed by atoms with Gasteiger partial charge in [-0.05, 0) is 90.0 Å². The number of hydrogen-bond acceptors (Lipinski definition) is 6. The van der Waals surface area contributed by atoms with Crippen molar-refractivity contribution in [3.8, 4) is 28.0 Å². The van der Waals surface area contributed by atoms with E-state index in [0.717, 1.165) is 53.1 Å². The molecule has 0 aliphatic carbocycles. The first kappa shape index (κ1) is 24.3. The topological polar surface area (TPSA) is 64.3 Å². The molecule has 178 valence electrons. The molecule has 1 aromatic carbocycles. The molecule has 1 aliphatic rings. The minimum Gasteiger partial charge on any atom is -0.485 e. The smallest absolute Gasteiger partial charge is 0.166 e. The van der Waals surface area contributed by atoms with E-state index in [4.69, 9.17) is 15.5 Å². The van der Waals surface area contributed by atoms with Gasteiger partial charge in [0.05, 0.1) is 9.88 Å². The zero-order valence-electron chi connectivity index (χ0n) is 20.8. The molecule has 2 aromatic heterocycles. The van der Waals surface area contributed by atoms with Crippen LogP contribution < -0.4 is 10.5 Å². The van der Waals surface area contributed by atoms with E-state index < -0.39 is 0 Å². The van der Waals surface area contributed by atoms with Crippen molar-refractivity contribution in [1.29, 1.82) is 0 Å². The first-order chi connectivity index (χ1) is 16.2. The van der Waals surface area contributed by atoms with Crippen molar-refractivity contribution in [2.24, 2.45) is 5.41 Å². The molecule has 0 spiro atoms. The van der Waals surface area contributed by atoms with Crippen molar-refractivity contribution in [3.05, 3.63) is 58.4 Å². The number of likely N-dealkylation sites (tertiary alicyclic amines) is 1. The van der Waals surface area contributed by atoms with Gasteiger partial charge in [-0.2, -0.15) is 0 Å². The lowest BCUT2D eigenvalue weighted by atomic mass is 9.97. The van der Waals surface area contributed by atoms with Crippen molar-refractivity contribution in [3.63, 3.8) is 0 Å². The standard InChI is InChI=1S/C28H34N4OS/c1-19-6-7-20(8-11-28(2,3)4)14-23(19)18-33-24-15-22(16-30-26(24)29)25-17-31-27(34-25)21-9-12-32(5)13-10-21/h6-7,14-17,21H,9-10,12-13,18H2,1-5H3,(H2,29,30). The molecule has 0 unspecified atom stereocenters. The molecule has 3 heterocycles. The van der Waals surface area contributed by atoms with Gasteiger partial charge in [0.1, 0.15) is 6.61 Å². The lowest BCUT2D eigenvalue weighted by Crippen LogP contribution is -2.29. The molecule has 0 bridgehead atoms. The molecule has 5 nitrogen and oxygen atoms in total. The number of nitrogens with two attached hydrogens (primary N) is 1. The van der Waals surface area contributed by atoms with Crippen molar-refractivity contribution in [2.75, 3.05) is 25.9 Å². The third-order valence-electron chi connectivity index (χ3n) is 6.07. The number of pyridine rings is 1. The SMILES string of the molecule is Cc1ccc(C#CC(C)(C)C)cc1COc1cc(-c2cnc(C3CCN(C)CC3)s2)cnc1N. The van der Waals surface area contributed by atoms with Gasteiger partial charge >= 0.3 is 0 Å². The molecule has 3 aromatic rings. The summed E-state index contributed by atoms with van der Waals surface area (Å²) in [7, 11) is 2.18. The maximum Gasteiger partial charge on any atom is 0.166 e. The molecule has 1 aliphatic heterocycles. The number of nitrogen functional groups attached to an aromatic ring is 1. The molecular weight excluding hydrogens is 440 g/mol. The van der Waals surface area contributed by atoms with Crippen LogP contribution in [0.1, 0.15) is 61.2 Å². The van der Waals surface area contributed by atoms with Gasteiger partial charge in [-0.1, -0.05) is 17.9 Å². The van der Waals surface area contributed by atoms with Gasteiger partial charge in [-0.15, -0.1) is 11.3 Å². The average molecular weight is 475 g/mol. The highest BCUT2D eigenvalue weighted by atomic mass is 32.1. The predicted octanol–water partition coefficient (Wildman–Crippen LogP) is 5.88. The first-order valence-electron chi connectivity index (χ1n) is 11.8. The van der Waals surface area contributed by atoms with Gasteiger partial charge in [-0.25, -0.2) is 9.97 Å². The molecule has 0 amide bonds. The highest BCUT2D eigenvalue weighted by Gasteiger charge is 2.21. The first-order valence-corrected chi connectivity index (χ1v) is 12.7. The normalized spacial score (nSPS) is 15.1. The minimum atomic E-state index is -0.0358. The van der Waals surface area contributed by atoms with Gasteiger partial charge in [0.2, 0.25) is 0 Å². The molecule has 0 atom stereocenters. The molecular formula is C28H34N4OS. The van der Waals surface area contributed by atoms with Gasteiger partial charge in [0.25, 0.3) is 0 Å². The number of aryl methyl sites for hydroxylation is 1. The summed E-state index contributed by atoms with van der Waals surface area (Å²) in [5.74, 6) is 8.10. The third kappa shape index (κ3) is 6.16. The van der Waals surface area contributed by atoms with Crippen LogP contribution in [-0.4, -0.2) is 35.0 Å². The molecule has 34 heavy (non-hydrogen) atoms. The van der Waals surface area contributed by atoms with Crippen LogP contribution in [0.15, 0.2) is 36.7 Å². The fraction of sp³-hybridized carbons (Fsp3) is 0.429. The van der Waals surface area contributed by atoms with Gasteiger partial charge < -0.3 is 15.4 Å². The van der Waals surface area contributed by atoms with Crippen LogP contribution in [-0.2, 0) is 6.61 Å². The predicted molar refractivity (Wildman–Crippen MR) is 141 cm³/mol. The Morgan fingerprint density at radius 3 is 2.65 bits per heavy atom. The average Bonchev–Trinajstić information content (AvgIpc) is 3.29. The summed E-state index contributed by atoms with van der Waals surface area (Å²) in [4.78, 5) is 12.6. The van der Waals surface area contributed by atoms with E-state index in [1.165, 1.54) is 5.01 Å². The summed E-state index contributed by atoms with van der Waals surface area (Å²) in [6, 6.07) is 8.22. The number of rotatable bonds is 5. The maximum atomic E-state index is 6.15. The number of piperidine rings is 1. The van der Waals surface area contributed by atoms with E-state index in [-0.39, 0.29) is 5.41 Å². The van der Waals surface area contributed by atoms with Crippen molar-refractivity contribution < 1.29 is 4.74 Å². The summed E-state index contributed by atoms with van der Waals surface area (Å²) in [6.07, 6.45) is 6.09. The molecule has 1 fully saturated rings. The van der Waals surface area contributed by atoms with Gasteiger partial charge in [0.15, 0.2) is 11.6 Å². The van der Waals surface area contributed by atoms with Crippen LogP contribution >= 0.6 is 11.3 Å². The zero-order chi connectivity index (χ0) is 24.3. The van der Waals surface area contributed by atoms with Gasteiger partial charge in [0, 0.05) is 34.9 Å². The van der Waals surface area contributed by atoms with Crippen molar-refractivity contribution in [1.82, 2.24) is 14.9 Å². The van der Waals surface area contributed by atoms with Crippen LogP contribution in [0.2, 0.25) is 0 Å². The summed E-state index contributed by atoms with van der Waals surface area (Å²) < 4.78 is 6.14. The Labute approximate surface area is 207 Å². The van der Waals surface area contributed by atoms with Crippen LogP contribution in [0.5, 0.6) is 5.75 Å². The second-order valence-corrected chi connectivity index (χ2v) is 11.2. The van der Waals surface area contributed by atoms with E-state index >= 15 is 0 Å². The number of ether oxygens (including phenoxy) is 1. The second kappa shape index (κ2) is 10.2. The number of hydrogen-bond donors (Lipinski definition) is 1. The molecule has 6 heteroatoms. The fourth-order valence-corrected chi connectivity index (χ4v) is 4.96. The molecule has 0 saturated carbocycles. The summed E-state index contributed by atoms with van der Waals surface area (Å²) in [6.45, 7) is 11.1. The van der Waals surface area contributed by atoms with Crippen LogP contribution in [0, 0.1) is 24.2 Å².